The first-order chi connectivity index (χ1) is 9.75. The Morgan fingerprint density at radius 1 is 1.24 bits per heavy atom. The van der Waals surface area contributed by atoms with Crippen molar-refractivity contribution in [2.24, 2.45) is 7.05 Å². The molecule has 0 atom stereocenters. The number of hydrogen-bond donors (Lipinski definition) is 0. The summed E-state index contributed by atoms with van der Waals surface area (Å²) < 4.78 is 43.9. The van der Waals surface area contributed by atoms with Gasteiger partial charge >= 0.3 is 11.9 Å². The molecule has 9 heteroatoms. The average Bonchev–Trinajstić information content (AvgIpc) is 2.42. The van der Waals surface area contributed by atoms with Gasteiger partial charge in [0.15, 0.2) is 0 Å². The van der Waals surface area contributed by atoms with Gasteiger partial charge in [0.1, 0.15) is 17.3 Å². The number of halogens is 3. The highest BCUT2D eigenvalue weighted by Gasteiger charge is 2.35. The minimum atomic E-state index is -4.79. The van der Waals surface area contributed by atoms with E-state index in [2.05, 4.69) is 4.98 Å². The zero-order valence-electron chi connectivity index (χ0n) is 11.0. The number of aromatic nitrogens is 3. The Morgan fingerprint density at radius 2 is 1.90 bits per heavy atom. The van der Waals surface area contributed by atoms with Gasteiger partial charge in [0.25, 0.3) is 5.56 Å². The first-order valence-electron chi connectivity index (χ1n) is 5.66. The summed E-state index contributed by atoms with van der Waals surface area (Å²) in [6.45, 7) is 0. The van der Waals surface area contributed by atoms with Gasteiger partial charge in [0, 0.05) is 13.1 Å². The van der Waals surface area contributed by atoms with Gasteiger partial charge in [-0.3, -0.25) is 9.36 Å². The fourth-order valence-corrected chi connectivity index (χ4v) is 1.73. The number of methoxy groups -OCH3 is 1. The number of alkyl halides is 3. The molecule has 2 aromatic rings. The Kier molecular flexibility index (Phi) is 3.58. The van der Waals surface area contributed by atoms with Crippen LogP contribution in [0.3, 0.4) is 0 Å². The summed E-state index contributed by atoms with van der Waals surface area (Å²) in [5.41, 5.74) is -3.56. The molecular weight excluding hydrogens is 291 g/mol. The molecule has 0 unspecified atom stereocenters. The third kappa shape index (κ3) is 2.67. The Morgan fingerprint density at radius 3 is 2.38 bits per heavy atom. The Balaban J connectivity index is 2.68. The SMILES string of the molecule is COc1ccc(-n2c(=O)cc(C(F)(F)F)n(C)c2=O)nc1. The summed E-state index contributed by atoms with van der Waals surface area (Å²) in [6, 6.07) is 3.09. The van der Waals surface area contributed by atoms with Gasteiger partial charge in [-0.05, 0) is 12.1 Å². The molecule has 0 aliphatic rings. The molecule has 0 aliphatic heterocycles. The molecule has 0 radical (unpaired) electrons. The third-order valence-electron chi connectivity index (χ3n) is 2.80. The van der Waals surface area contributed by atoms with E-state index < -0.39 is 23.1 Å². The highest BCUT2D eigenvalue weighted by molar-refractivity contribution is 5.29. The molecule has 2 aromatic heterocycles. The number of pyridine rings is 1. The molecule has 112 valence electrons. The summed E-state index contributed by atoms with van der Waals surface area (Å²) in [5.74, 6) is 0.297. The highest BCUT2D eigenvalue weighted by Crippen LogP contribution is 2.26. The second kappa shape index (κ2) is 5.08. The maximum absolute atomic E-state index is 12.7. The van der Waals surface area contributed by atoms with Gasteiger partial charge in [0.2, 0.25) is 0 Å². The number of rotatable bonds is 2. The molecule has 0 bridgehead atoms. The van der Waals surface area contributed by atoms with Gasteiger partial charge in [0.05, 0.1) is 13.3 Å². The van der Waals surface area contributed by atoms with Gasteiger partial charge in [-0.1, -0.05) is 0 Å². The lowest BCUT2D eigenvalue weighted by Crippen LogP contribution is -2.41. The zero-order chi connectivity index (χ0) is 15.8. The summed E-state index contributed by atoms with van der Waals surface area (Å²) in [4.78, 5) is 27.6. The lowest BCUT2D eigenvalue weighted by atomic mass is 10.3. The van der Waals surface area contributed by atoms with E-state index in [1.807, 2.05) is 0 Å². The number of hydrogen-bond acceptors (Lipinski definition) is 4. The van der Waals surface area contributed by atoms with E-state index in [0.717, 1.165) is 7.05 Å². The van der Waals surface area contributed by atoms with Crippen LogP contribution in [-0.4, -0.2) is 21.2 Å². The second-order valence-corrected chi connectivity index (χ2v) is 4.10. The highest BCUT2D eigenvalue weighted by atomic mass is 19.4. The average molecular weight is 301 g/mol. The smallest absolute Gasteiger partial charge is 0.431 e. The predicted octanol–water partition coefficient (Wildman–Crippen LogP) is 0.959. The van der Waals surface area contributed by atoms with Crippen molar-refractivity contribution < 1.29 is 17.9 Å². The summed E-state index contributed by atoms with van der Waals surface area (Å²) >= 11 is 0. The monoisotopic (exact) mass is 301 g/mol. The molecular formula is C12H10F3N3O3. The van der Waals surface area contributed by atoms with Crippen molar-refractivity contribution in [1.82, 2.24) is 14.1 Å². The normalized spacial score (nSPS) is 11.5. The maximum atomic E-state index is 12.7. The van der Waals surface area contributed by atoms with Crippen LogP contribution in [0, 0.1) is 0 Å². The quantitative estimate of drug-likeness (QED) is 0.828. The van der Waals surface area contributed by atoms with Crippen molar-refractivity contribution >= 4 is 0 Å². The van der Waals surface area contributed by atoms with E-state index in [4.69, 9.17) is 4.74 Å². The van der Waals surface area contributed by atoms with Crippen molar-refractivity contribution in [2.75, 3.05) is 7.11 Å². The van der Waals surface area contributed by atoms with Gasteiger partial charge in [-0.25, -0.2) is 14.3 Å². The van der Waals surface area contributed by atoms with E-state index >= 15 is 0 Å². The van der Waals surface area contributed by atoms with Crippen LogP contribution in [0.4, 0.5) is 13.2 Å². The van der Waals surface area contributed by atoms with E-state index in [-0.39, 0.29) is 5.82 Å². The predicted molar refractivity (Wildman–Crippen MR) is 66.6 cm³/mol. The van der Waals surface area contributed by atoms with Gasteiger partial charge in [-0.2, -0.15) is 13.2 Å². The van der Waals surface area contributed by atoms with Crippen LogP contribution in [0.25, 0.3) is 5.82 Å². The van der Waals surface area contributed by atoms with E-state index in [1.54, 1.807) is 0 Å². The molecule has 2 rings (SSSR count). The summed E-state index contributed by atoms with van der Waals surface area (Å²) in [7, 11) is 2.34. The van der Waals surface area contributed by atoms with E-state index in [0.29, 0.717) is 21.0 Å². The minimum absolute atomic E-state index is 0.0878. The number of nitrogens with zero attached hydrogens (tertiary/aromatic N) is 3. The first kappa shape index (κ1) is 14.8. The van der Waals surface area contributed by atoms with Gasteiger partial charge in [-0.15, -0.1) is 0 Å². The van der Waals surface area contributed by atoms with E-state index in [1.165, 1.54) is 25.4 Å². The topological polar surface area (TPSA) is 66.1 Å². The Hall–Kier alpha value is -2.58. The fraction of sp³-hybridized carbons (Fsp3) is 0.250. The van der Waals surface area contributed by atoms with Crippen molar-refractivity contribution in [3.8, 4) is 11.6 Å². The maximum Gasteiger partial charge on any atom is 0.431 e. The van der Waals surface area contributed by atoms with Crippen molar-refractivity contribution in [3.63, 3.8) is 0 Å². The molecule has 21 heavy (non-hydrogen) atoms. The molecule has 0 spiro atoms. The van der Waals surface area contributed by atoms with Crippen LogP contribution >= 0.6 is 0 Å². The largest absolute Gasteiger partial charge is 0.495 e. The minimum Gasteiger partial charge on any atom is -0.495 e. The van der Waals surface area contributed by atoms with Crippen molar-refractivity contribution in [2.45, 2.75) is 6.18 Å². The summed E-state index contributed by atoms with van der Waals surface area (Å²) in [5, 5.41) is 0. The molecule has 0 aliphatic carbocycles. The van der Waals surface area contributed by atoms with Crippen LogP contribution in [0.2, 0.25) is 0 Å². The van der Waals surface area contributed by atoms with Crippen molar-refractivity contribution in [1.29, 1.82) is 0 Å². The van der Waals surface area contributed by atoms with Crippen LogP contribution < -0.4 is 16.0 Å². The third-order valence-corrected chi connectivity index (χ3v) is 2.80. The molecule has 0 saturated carbocycles. The zero-order valence-corrected chi connectivity index (χ0v) is 11.0. The standard InChI is InChI=1S/C12H10F3N3O3/c1-17-8(12(13,14)15)5-10(19)18(11(17)20)9-4-3-7(21-2)6-16-9/h3-6H,1-2H3. The molecule has 0 saturated heterocycles. The Bertz CT molecular complexity index is 776. The fourth-order valence-electron chi connectivity index (χ4n) is 1.73. The molecule has 2 heterocycles. The first-order valence-corrected chi connectivity index (χ1v) is 5.66. The molecule has 0 aromatic carbocycles. The molecule has 0 N–H and O–H groups in total. The van der Waals surface area contributed by atoms with Crippen molar-refractivity contribution in [3.05, 3.63) is 50.9 Å². The molecule has 6 nitrogen and oxygen atoms in total. The van der Waals surface area contributed by atoms with Crippen LogP contribution in [0.1, 0.15) is 5.69 Å². The van der Waals surface area contributed by atoms with Crippen LogP contribution in [-0.2, 0) is 13.2 Å². The molecule has 0 fully saturated rings. The van der Waals surface area contributed by atoms with E-state index in [9.17, 15) is 22.8 Å². The summed E-state index contributed by atoms with van der Waals surface area (Å²) in [6.07, 6.45) is -3.54. The van der Waals surface area contributed by atoms with Gasteiger partial charge < -0.3 is 4.74 Å². The van der Waals surface area contributed by atoms with Crippen LogP contribution in [0.5, 0.6) is 5.75 Å². The lowest BCUT2D eigenvalue weighted by molar-refractivity contribution is -0.144. The Labute approximate surface area is 116 Å². The number of ether oxygens (including phenoxy) is 1. The lowest BCUT2D eigenvalue weighted by Gasteiger charge is -2.13. The molecule has 0 amide bonds. The second-order valence-electron chi connectivity index (χ2n) is 4.10. The van der Waals surface area contributed by atoms with Crippen LogP contribution in [0.15, 0.2) is 34.0 Å².